The first-order chi connectivity index (χ1) is 36.7. The summed E-state index contributed by atoms with van der Waals surface area (Å²) in [4.78, 5) is 106. The van der Waals surface area contributed by atoms with E-state index in [0.29, 0.717) is 49.2 Å². The second-order valence-corrected chi connectivity index (χ2v) is 21.9. The highest BCUT2D eigenvalue weighted by atomic mass is 16.5. The number of nitrogens with one attached hydrogen (secondary N) is 4. The first kappa shape index (κ1) is 52.7. The Hall–Kier alpha value is -6.73. The molecule has 6 aliphatic heterocycles. The van der Waals surface area contributed by atoms with Gasteiger partial charge in [0.1, 0.15) is 6.04 Å². The van der Waals surface area contributed by atoms with Gasteiger partial charge in [0.2, 0.25) is 17.7 Å². The summed E-state index contributed by atoms with van der Waals surface area (Å²) in [5, 5.41) is 8.64. The number of hydrogen-bond donors (Lipinski definition) is 4. The molecule has 402 valence electrons. The van der Waals surface area contributed by atoms with Gasteiger partial charge in [0.05, 0.1) is 17.7 Å². The summed E-state index contributed by atoms with van der Waals surface area (Å²) in [6, 6.07) is 19.2. The van der Waals surface area contributed by atoms with Crippen molar-refractivity contribution in [2.45, 2.75) is 91.4 Å². The normalized spacial score (nSPS) is 20.1. The fourth-order valence-corrected chi connectivity index (χ4v) is 12.4. The fraction of sp³-hybridized carbons (Fsp3) is 0.500. The van der Waals surface area contributed by atoms with Crippen LogP contribution in [0.1, 0.15) is 104 Å². The fourth-order valence-electron chi connectivity index (χ4n) is 12.4. The number of anilines is 2. The number of carbonyl (C=O) groups is 6. The number of aromatic amines is 1. The zero-order chi connectivity index (χ0) is 53.3. The molecule has 76 heavy (non-hydrogen) atoms. The van der Waals surface area contributed by atoms with Crippen molar-refractivity contribution >= 4 is 46.8 Å². The highest BCUT2D eigenvalue weighted by Crippen LogP contribution is 2.40. The number of piperidine rings is 1. The maximum absolute atomic E-state index is 14.0. The molecule has 6 aliphatic rings. The largest absolute Gasteiger partial charge is 0.384 e. The van der Waals surface area contributed by atoms with Crippen LogP contribution in [-0.2, 0) is 32.2 Å². The summed E-state index contributed by atoms with van der Waals surface area (Å²) >= 11 is 0. The number of amides is 6. The van der Waals surface area contributed by atoms with Crippen LogP contribution in [0.15, 0.2) is 65.5 Å². The van der Waals surface area contributed by atoms with Crippen molar-refractivity contribution in [1.82, 2.24) is 40.1 Å². The Morgan fingerprint density at radius 1 is 0.816 bits per heavy atom. The van der Waals surface area contributed by atoms with E-state index < -0.39 is 29.7 Å². The standard InChI is InChI=1S/C58H72N10O8/c1-5-67(43-17-25-76-26-18-43)49-29-42(28-45(39(49)4)53(71)60-30-46-37(2)27-38(3)61-54(46)72)41-13-11-40(12-14-41)31-63-21-23-64(24-22-63)32-51(70)66-35-58(36-66)33-65(34-58)20-7-6-19-59-47-10-8-9-44-52(47)57(75)68(56(44)74)48-15-16-50(69)62-55(48)73/h8-14,27-29,43,48,59H,5-7,15-26,30-36H2,1-4H3,(H,60,71)(H,61,72)(H,62,69,73). The third kappa shape index (κ3) is 11.1. The Bertz CT molecular complexity index is 2950. The minimum absolute atomic E-state index is 0.0781. The molecule has 6 amide bonds. The topological polar surface area (TPSA) is 200 Å². The molecular weight excluding hydrogens is 965 g/mol. The van der Waals surface area contributed by atoms with Gasteiger partial charge in [-0.3, -0.25) is 53.6 Å². The van der Waals surface area contributed by atoms with Gasteiger partial charge in [-0.25, -0.2) is 0 Å². The molecule has 1 aromatic heterocycles. The van der Waals surface area contributed by atoms with E-state index in [1.54, 1.807) is 18.2 Å². The number of H-pyrrole nitrogens is 1. The van der Waals surface area contributed by atoms with E-state index in [1.807, 2.05) is 37.8 Å². The Balaban J connectivity index is 0.657. The molecule has 7 heterocycles. The average Bonchev–Trinajstić information content (AvgIpc) is 3.65. The number of pyridine rings is 1. The molecule has 18 heteroatoms. The molecule has 18 nitrogen and oxygen atoms in total. The predicted octanol–water partition coefficient (Wildman–Crippen LogP) is 4.46. The van der Waals surface area contributed by atoms with E-state index in [9.17, 15) is 33.6 Å². The molecule has 5 saturated heterocycles. The number of unbranched alkanes of at least 4 members (excludes halogenated alkanes) is 1. The molecule has 0 saturated carbocycles. The van der Waals surface area contributed by atoms with Crippen LogP contribution in [-0.4, -0.2) is 169 Å². The number of aromatic nitrogens is 1. The zero-order valence-corrected chi connectivity index (χ0v) is 44.4. The van der Waals surface area contributed by atoms with Crippen molar-refractivity contribution in [2.24, 2.45) is 5.41 Å². The number of fused-ring (bicyclic) bond motifs is 1. The number of aryl methyl sites for hydroxylation is 2. The third-order valence-electron chi connectivity index (χ3n) is 16.6. The quantitative estimate of drug-likeness (QED) is 0.0806. The summed E-state index contributed by atoms with van der Waals surface area (Å²) in [6.45, 7) is 20.2. The zero-order valence-electron chi connectivity index (χ0n) is 44.4. The summed E-state index contributed by atoms with van der Waals surface area (Å²) in [5.41, 5.74) is 9.06. The first-order valence-electron chi connectivity index (χ1n) is 27.3. The van der Waals surface area contributed by atoms with Crippen LogP contribution in [0.25, 0.3) is 11.1 Å². The van der Waals surface area contributed by atoms with E-state index >= 15 is 0 Å². The number of hydrogen-bond acceptors (Lipinski definition) is 13. The number of nitrogens with zero attached hydrogens (tertiary/aromatic N) is 6. The number of imide groups is 2. The molecule has 0 aliphatic carbocycles. The Morgan fingerprint density at radius 3 is 2.26 bits per heavy atom. The molecule has 0 bridgehead atoms. The van der Waals surface area contributed by atoms with Crippen molar-refractivity contribution in [3.8, 4) is 11.1 Å². The van der Waals surface area contributed by atoms with Crippen molar-refractivity contribution in [3.63, 3.8) is 0 Å². The molecule has 1 spiro atoms. The van der Waals surface area contributed by atoms with E-state index in [0.717, 1.165) is 136 Å². The molecular formula is C58H72N10O8. The maximum Gasteiger partial charge on any atom is 0.264 e. The lowest BCUT2D eigenvalue weighted by molar-refractivity contribution is -0.160. The van der Waals surface area contributed by atoms with Gasteiger partial charge >= 0.3 is 0 Å². The van der Waals surface area contributed by atoms with Gasteiger partial charge in [-0.15, -0.1) is 0 Å². The van der Waals surface area contributed by atoms with Crippen LogP contribution in [0, 0.1) is 26.2 Å². The number of benzene rings is 3. The molecule has 4 N–H and O–H groups in total. The Morgan fingerprint density at radius 2 is 1.55 bits per heavy atom. The second kappa shape index (κ2) is 22.5. The highest BCUT2D eigenvalue weighted by Gasteiger charge is 2.53. The van der Waals surface area contributed by atoms with Gasteiger partial charge in [-0.1, -0.05) is 30.3 Å². The van der Waals surface area contributed by atoms with Crippen LogP contribution < -0.4 is 26.4 Å². The molecule has 1 unspecified atom stereocenters. The number of piperazine rings is 1. The molecule has 4 aromatic rings. The summed E-state index contributed by atoms with van der Waals surface area (Å²) in [5.74, 6) is -2.05. The minimum atomic E-state index is -0.996. The van der Waals surface area contributed by atoms with E-state index in [4.69, 9.17) is 4.74 Å². The molecule has 3 aromatic carbocycles. The summed E-state index contributed by atoms with van der Waals surface area (Å²) in [7, 11) is 0. The van der Waals surface area contributed by atoms with Gasteiger partial charge < -0.3 is 35.1 Å². The lowest BCUT2D eigenvalue weighted by atomic mass is 9.72. The lowest BCUT2D eigenvalue weighted by Crippen LogP contribution is -2.73. The Kier molecular flexibility index (Phi) is 15.6. The SMILES string of the molecule is CCN(c1cc(-c2ccc(CN3CCN(CC(=O)N4CC5(CN(CCCCNc6cccc7c6C(=O)N(C6CCC(=O)NC6=O)C7=O)C5)C4)CC3)cc2)cc(C(=O)NCc2c(C)cc(C)[nH]c2=O)c1C)C1CCOCC1. The Labute approximate surface area is 444 Å². The molecule has 1 atom stereocenters. The van der Waals surface area contributed by atoms with Crippen molar-refractivity contribution in [2.75, 3.05) is 102 Å². The molecule has 0 radical (unpaired) electrons. The smallest absolute Gasteiger partial charge is 0.264 e. The predicted molar refractivity (Wildman–Crippen MR) is 289 cm³/mol. The van der Waals surface area contributed by atoms with Crippen LogP contribution in [0.5, 0.6) is 0 Å². The maximum atomic E-state index is 14.0. The highest BCUT2D eigenvalue weighted by molar-refractivity contribution is 6.25. The lowest BCUT2D eigenvalue weighted by Gasteiger charge is -2.60. The number of ether oxygens (including phenoxy) is 1. The average molecular weight is 1040 g/mol. The molecule has 5 fully saturated rings. The third-order valence-corrected chi connectivity index (χ3v) is 16.6. The van der Waals surface area contributed by atoms with Crippen molar-refractivity contribution in [1.29, 1.82) is 0 Å². The second-order valence-electron chi connectivity index (χ2n) is 21.9. The number of carbonyl (C=O) groups excluding carboxylic acids is 6. The van der Waals surface area contributed by atoms with Gasteiger partial charge in [0, 0.05) is 138 Å². The summed E-state index contributed by atoms with van der Waals surface area (Å²) < 4.78 is 5.71. The number of rotatable bonds is 18. The monoisotopic (exact) mass is 1040 g/mol. The van der Waals surface area contributed by atoms with Crippen LogP contribution >= 0.6 is 0 Å². The van der Waals surface area contributed by atoms with Crippen molar-refractivity contribution in [3.05, 3.63) is 116 Å². The first-order valence-corrected chi connectivity index (χ1v) is 27.3. The van der Waals surface area contributed by atoms with Crippen LogP contribution in [0.2, 0.25) is 0 Å². The number of likely N-dealkylation sites (tertiary alicyclic amines) is 2. The van der Waals surface area contributed by atoms with E-state index in [-0.39, 0.29) is 53.3 Å². The molecule has 10 rings (SSSR count). The van der Waals surface area contributed by atoms with Gasteiger partial charge in [0.25, 0.3) is 23.3 Å². The van der Waals surface area contributed by atoms with Crippen LogP contribution in [0.3, 0.4) is 0 Å². The minimum Gasteiger partial charge on any atom is -0.384 e. The van der Waals surface area contributed by atoms with Gasteiger partial charge in [-0.05, 0) is 124 Å². The van der Waals surface area contributed by atoms with E-state index in [1.165, 1.54) is 5.56 Å². The van der Waals surface area contributed by atoms with Gasteiger partial charge in [0.15, 0.2) is 0 Å². The summed E-state index contributed by atoms with van der Waals surface area (Å²) in [6.07, 6.45) is 3.87. The van der Waals surface area contributed by atoms with Crippen molar-refractivity contribution < 1.29 is 33.5 Å². The van der Waals surface area contributed by atoms with E-state index in [2.05, 4.69) is 77.8 Å². The van der Waals surface area contributed by atoms with Crippen LogP contribution in [0.4, 0.5) is 11.4 Å². The van der Waals surface area contributed by atoms with Gasteiger partial charge in [-0.2, -0.15) is 0 Å².